The number of aryl methyl sites for hydroxylation is 1. The van der Waals surface area contributed by atoms with Crippen LogP contribution in [0.25, 0.3) is 11.0 Å². The van der Waals surface area contributed by atoms with Gasteiger partial charge in [0.1, 0.15) is 17.0 Å². The molecule has 1 aromatic carbocycles. The van der Waals surface area contributed by atoms with E-state index in [4.69, 9.17) is 0 Å². The zero-order chi connectivity index (χ0) is 18.8. The monoisotopic (exact) mass is 358 g/mol. The summed E-state index contributed by atoms with van der Waals surface area (Å²) in [5, 5.41) is 4.44. The maximum atomic E-state index is 13.3. The molecular formula is C17H19FN6O2. The van der Waals surface area contributed by atoms with Crippen LogP contribution < -0.4 is 10.5 Å². The molecule has 0 saturated carbocycles. The Kier molecular flexibility index (Phi) is 4.81. The first-order chi connectivity index (χ1) is 12.3. The number of amides is 1. The minimum absolute atomic E-state index is 0.0835. The molecule has 2 aromatic heterocycles. The van der Waals surface area contributed by atoms with Crippen LogP contribution in [0, 0.1) is 5.82 Å². The zero-order valence-corrected chi connectivity index (χ0v) is 14.7. The van der Waals surface area contributed by atoms with E-state index in [-0.39, 0.29) is 24.6 Å². The summed E-state index contributed by atoms with van der Waals surface area (Å²) < 4.78 is 14.8. The highest BCUT2D eigenvalue weighted by Gasteiger charge is 2.16. The zero-order valence-electron chi connectivity index (χ0n) is 14.7. The number of benzene rings is 1. The van der Waals surface area contributed by atoms with Gasteiger partial charge in [-0.05, 0) is 25.2 Å². The Hall–Kier alpha value is -3.07. The largest absolute Gasteiger partial charge is 0.314 e. The lowest BCUT2D eigenvalue weighted by Crippen LogP contribution is -2.37. The molecule has 0 unspecified atom stereocenters. The first-order valence-electron chi connectivity index (χ1n) is 7.96. The number of anilines is 1. The highest BCUT2D eigenvalue weighted by atomic mass is 19.1. The highest BCUT2D eigenvalue weighted by Crippen LogP contribution is 2.14. The second-order valence-electron chi connectivity index (χ2n) is 6.12. The van der Waals surface area contributed by atoms with Crippen LogP contribution in [0.15, 0.2) is 35.3 Å². The predicted octanol–water partition coefficient (Wildman–Crippen LogP) is 0.890. The maximum Gasteiger partial charge on any atom is 0.262 e. The number of aromatic nitrogens is 4. The number of hydrogen-bond acceptors (Lipinski definition) is 5. The van der Waals surface area contributed by atoms with Crippen molar-refractivity contribution in [3.05, 3.63) is 52.5 Å². The van der Waals surface area contributed by atoms with Crippen molar-refractivity contribution >= 4 is 22.6 Å². The van der Waals surface area contributed by atoms with E-state index in [0.29, 0.717) is 22.5 Å². The summed E-state index contributed by atoms with van der Waals surface area (Å²) in [6, 6.07) is 5.84. The fourth-order valence-electron chi connectivity index (χ4n) is 2.63. The smallest absolute Gasteiger partial charge is 0.262 e. The van der Waals surface area contributed by atoms with E-state index < -0.39 is 5.82 Å². The average molecular weight is 358 g/mol. The molecule has 136 valence electrons. The predicted molar refractivity (Wildman–Crippen MR) is 95.3 cm³/mol. The van der Waals surface area contributed by atoms with Crippen molar-refractivity contribution in [2.75, 3.05) is 25.5 Å². The summed E-state index contributed by atoms with van der Waals surface area (Å²) in [6.07, 6.45) is 1.46. The highest BCUT2D eigenvalue weighted by molar-refractivity contribution is 5.94. The van der Waals surface area contributed by atoms with Gasteiger partial charge in [0.2, 0.25) is 5.91 Å². The Morgan fingerprint density at radius 1 is 1.35 bits per heavy atom. The van der Waals surface area contributed by atoms with E-state index >= 15 is 0 Å². The van der Waals surface area contributed by atoms with Crippen LogP contribution in [0.3, 0.4) is 0 Å². The SMILES string of the molecule is CN(CC(=O)N(C)c1cccc(F)c1)Cc1nc2c(cnn2C)c(=O)[nH]1. The van der Waals surface area contributed by atoms with E-state index in [9.17, 15) is 14.0 Å². The number of rotatable bonds is 5. The van der Waals surface area contributed by atoms with Crippen molar-refractivity contribution in [1.82, 2.24) is 24.6 Å². The molecule has 0 radical (unpaired) electrons. The van der Waals surface area contributed by atoms with Crippen molar-refractivity contribution in [3.63, 3.8) is 0 Å². The quantitative estimate of drug-likeness (QED) is 0.732. The summed E-state index contributed by atoms with van der Waals surface area (Å²) in [5.41, 5.74) is 0.696. The van der Waals surface area contributed by atoms with Crippen LogP contribution in [0.2, 0.25) is 0 Å². The Labute approximate surface area is 148 Å². The van der Waals surface area contributed by atoms with Crippen LogP contribution in [0.4, 0.5) is 10.1 Å². The summed E-state index contributed by atoms with van der Waals surface area (Å²) in [6.45, 7) is 0.360. The molecule has 8 nitrogen and oxygen atoms in total. The molecule has 1 N–H and O–H groups in total. The van der Waals surface area contributed by atoms with Gasteiger partial charge >= 0.3 is 0 Å². The third-order valence-corrected chi connectivity index (χ3v) is 4.05. The van der Waals surface area contributed by atoms with Crippen LogP contribution in [-0.4, -0.2) is 51.2 Å². The van der Waals surface area contributed by atoms with Gasteiger partial charge in [0.15, 0.2) is 5.65 Å². The van der Waals surface area contributed by atoms with Crippen molar-refractivity contribution in [2.45, 2.75) is 6.54 Å². The third kappa shape index (κ3) is 3.62. The lowest BCUT2D eigenvalue weighted by molar-refractivity contribution is -0.119. The first kappa shape index (κ1) is 17.7. The molecule has 26 heavy (non-hydrogen) atoms. The fourth-order valence-corrected chi connectivity index (χ4v) is 2.63. The number of hydrogen-bond donors (Lipinski definition) is 1. The molecule has 0 atom stereocenters. The minimum Gasteiger partial charge on any atom is -0.314 e. The van der Waals surface area contributed by atoms with Crippen molar-refractivity contribution in [2.24, 2.45) is 7.05 Å². The number of carbonyl (C=O) groups is 1. The number of nitrogens with zero attached hydrogens (tertiary/aromatic N) is 5. The number of carbonyl (C=O) groups excluding carboxylic acids is 1. The van der Waals surface area contributed by atoms with Gasteiger partial charge in [-0.3, -0.25) is 19.2 Å². The Bertz CT molecular complexity index is 1010. The molecule has 0 bridgehead atoms. The second-order valence-corrected chi connectivity index (χ2v) is 6.12. The average Bonchev–Trinajstić information content (AvgIpc) is 2.95. The number of likely N-dealkylation sites (N-methyl/N-ethyl adjacent to an activating group) is 2. The molecule has 0 saturated heterocycles. The van der Waals surface area contributed by atoms with Gasteiger partial charge < -0.3 is 9.88 Å². The van der Waals surface area contributed by atoms with Crippen molar-refractivity contribution in [1.29, 1.82) is 0 Å². The molecular weight excluding hydrogens is 339 g/mol. The fraction of sp³-hybridized carbons (Fsp3) is 0.294. The van der Waals surface area contributed by atoms with Gasteiger partial charge in [0, 0.05) is 19.8 Å². The number of halogens is 1. The Morgan fingerprint density at radius 3 is 2.85 bits per heavy atom. The van der Waals surface area contributed by atoms with Gasteiger partial charge in [-0.25, -0.2) is 9.37 Å². The van der Waals surface area contributed by atoms with Crippen LogP contribution in [0.1, 0.15) is 5.82 Å². The molecule has 0 fully saturated rings. The minimum atomic E-state index is -0.401. The molecule has 0 spiro atoms. The van der Waals surface area contributed by atoms with Crippen LogP contribution in [-0.2, 0) is 18.4 Å². The number of aromatic amines is 1. The van der Waals surface area contributed by atoms with E-state index in [0.717, 1.165) is 0 Å². The van der Waals surface area contributed by atoms with E-state index in [1.54, 1.807) is 38.2 Å². The Balaban J connectivity index is 1.70. The van der Waals surface area contributed by atoms with Gasteiger partial charge in [0.25, 0.3) is 5.56 Å². The molecule has 0 aliphatic rings. The molecule has 3 aromatic rings. The maximum absolute atomic E-state index is 13.3. The van der Waals surface area contributed by atoms with Crippen LogP contribution >= 0.6 is 0 Å². The standard InChI is InChI=1S/C17H19FN6O2/c1-22(10-15(25)23(2)12-6-4-5-11(18)7-12)9-14-20-16-13(17(26)21-14)8-19-24(16)3/h4-8H,9-10H2,1-3H3,(H,20,21,26). The summed E-state index contributed by atoms with van der Waals surface area (Å²) in [4.78, 5) is 34.7. The van der Waals surface area contributed by atoms with Crippen molar-refractivity contribution in [3.8, 4) is 0 Å². The normalized spacial score (nSPS) is 11.3. The number of nitrogens with one attached hydrogen (secondary N) is 1. The van der Waals surface area contributed by atoms with Gasteiger partial charge in [-0.15, -0.1) is 0 Å². The molecule has 0 aliphatic carbocycles. The van der Waals surface area contributed by atoms with E-state index in [2.05, 4.69) is 15.1 Å². The molecule has 9 heteroatoms. The van der Waals surface area contributed by atoms with Crippen molar-refractivity contribution < 1.29 is 9.18 Å². The van der Waals surface area contributed by atoms with E-state index in [1.807, 2.05) is 0 Å². The number of H-pyrrole nitrogens is 1. The lowest BCUT2D eigenvalue weighted by atomic mass is 10.3. The Morgan fingerprint density at radius 2 is 2.12 bits per heavy atom. The molecule has 3 rings (SSSR count). The van der Waals surface area contributed by atoms with E-state index in [1.165, 1.54) is 27.9 Å². The summed E-state index contributed by atoms with van der Waals surface area (Å²) in [5.74, 6) is -0.168. The summed E-state index contributed by atoms with van der Waals surface area (Å²) >= 11 is 0. The van der Waals surface area contributed by atoms with Gasteiger partial charge in [0.05, 0.1) is 19.3 Å². The van der Waals surface area contributed by atoms with Crippen LogP contribution in [0.5, 0.6) is 0 Å². The molecule has 0 aliphatic heterocycles. The van der Waals surface area contributed by atoms with Gasteiger partial charge in [-0.2, -0.15) is 5.10 Å². The first-order valence-corrected chi connectivity index (χ1v) is 7.96. The molecule has 2 heterocycles. The number of fused-ring (bicyclic) bond motifs is 1. The third-order valence-electron chi connectivity index (χ3n) is 4.05. The second kappa shape index (κ2) is 7.04. The lowest BCUT2D eigenvalue weighted by Gasteiger charge is -2.21. The molecule has 1 amide bonds. The summed E-state index contributed by atoms with van der Waals surface area (Å²) in [7, 11) is 5.04. The van der Waals surface area contributed by atoms with Gasteiger partial charge in [-0.1, -0.05) is 6.07 Å². The topological polar surface area (TPSA) is 87.1 Å².